The predicted octanol–water partition coefficient (Wildman–Crippen LogP) is 1.23. The molecule has 1 saturated heterocycles. The third kappa shape index (κ3) is 2.57. The molecular weight excluding hydrogens is 288 g/mol. The number of hydrogen-bond acceptors (Lipinski definition) is 4. The summed E-state index contributed by atoms with van der Waals surface area (Å²) < 4.78 is 5.13. The molecule has 0 aromatic rings. The number of carbonyl (C=O) groups is 2. The van der Waals surface area contributed by atoms with E-state index < -0.39 is 6.17 Å². The summed E-state index contributed by atoms with van der Waals surface area (Å²) in [5.74, 6) is 0.197. The molecule has 0 aromatic carbocycles. The molecule has 17 heavy (non-hydrogen) atoms. The van der Waals surface area contributed by atoms with Gasteiger partial charge in [-0.25, -0.2) is 4.99 Å². The van der Waals surface area contributed by atoms with Crippen LogP contribution in [0.1, 0.15) is 19.3 Å². The van der Waals surface area contributed by atoms with Crippen LogP contribution in [-0.4, -0.2) is 40.7 Å². The number of alkyl halides is 1. The SMILES string of the molecule is COC1=NC(N2C(=O)CCC2=O)C=CC(Br)C1. The fraction of sp³-hybridized carbons (Fsp3) is 0.545. The second kappa shape index (κ2) is 5.00. The van der Waals surface area contributed by atoms with Crippen molar-refractivity contribution in [1.82, 2.24) is 4.90 Å². The van der Waals surface area contributed by atoms with Crippen molar-refractivity contribution in [2.45, 2.75) is 30.3 Å². The highest BCUT2D eigenvalue weighted by molar-refractivity contribution is 9.09. The minimum absolute atomic E-state index is 0.110. The average Bonchev–Trinajstić information content (AvgIpc) is 2.52. The van der Waals surface area contributed by atoms with Gasteiger partial charge in [0.25, 0.3) is 0 Å². The van der Waals surface area contributed by atoms with Crippen molar-refractivity contribution in [3.63, 3.8) is 0 Å². The summed E-state index contributed by atoms with van der Waals surface area (Å²) >= 11 is 3.45. The van der Waals surface area contributed by atoms with Gasteiger partial charge in [0.1, 0.15) is 0 Å². The molecule has 0 bridgehead atoms. The normalized spacial score (nSPS) is 29.3. The van der Waals surface area contributed by atoms with E-state index >= 15 is 0 Å². The van der Waals surface area contributed by atoms with Crippen molar-refractivity contribution in [3.05, 3.63) is 12.2 Å². The van der Waals surface area contributed by atoms with Crippen molar-refractivity contribution < 1.29 is 14.3 Å². The van der Waals surface area contributed by atoms with Crippen LogP contribution in [0.25, 0.3) is 0 Å². The van der Waals surface area contributed by atoms with Gasteiger partial charge in [0.05, 0.1) is 7.11 Å². The molecule has 6 heteroatoms. The lowest BCUT2D eigenvalue weighted by Gasteiger charge is -2.19. The molecule has 1 fully saturated rings. The molecule has 2 unspecified atom stereocenters. The minimum atomic E-state index is -0.560. The van der Waals surface area contributed by atoms with Gasteiger partial charge >= 0.3 is 0 Å². The van der Waals surface area contributed by atoms with Gasteiger partial charge in [-0.15, -0.1) is 0 Å². The van der Waals surface area contributed by atoms with E-state index in [1.807, 2.05) is 6.08 Å². The number of ether oxygens (including phenoxy) is 1. The van der Waals surface area contributed by atoms with Crippen LogP contribution >= 0.6 is 15.9 Å². The lowest BCUT2D eigenvalue weighted by atomic mass is 10.3. The largest absolute Gasteiger partial charge is 0.484 e. The molecular formula is C11H13BrN2O3. The molecule has 2 rings (SSSR count). The monoisotopic (exact) mass is 300 g/mol. The number of nitrogens with zero attached hydrogens (tertiary/aromatic N) is 2. The van der Waals surface area contributed by atoms with Crippen LogP contribution in [0.2, 0.25) is 0 Å². The van der Waals surface area contributed by atoms with Crippen molar-refractivity contribution >= 4 is 33.6 Å². The number of halogens is 1. The summed E-state index contributed by atoms with van der Waals surface area (Å²) in [5.41, 5.74) is 0. The standard InChI is InChI=1S/C11H13BrN2O3/c1-17-9-6-7(12)2-3-8(13-9)14-10(15)4-5-11(14)16/h2-3,7-8H,4-6H2,1H3. The highest BCUT2D eigenvalue weighted by Crippen LogP contribution is 2.21. The van der Waals surface area contributed by atoms with Crippen LogP contribution in [0, 0.1) is 0 Å². The van der Waals surface area contributed by atoms with E-state index in [9.17, 15) is 9.59 Å². The molecule has 0 radical (unpaired) electrons. The summed E-state index contributed by atoms with van der Waals surface area (Å²) in [6, 6.07) is 0. The summed E-state index contributed by atoms with van der Waals surface area (Å²) in [5, 5.41) is 0. The Balaban J connectivity index is 2.26. The number of methoxy groups -OCH3 is 1. The zero-order valence-corrected chi connectivity index (χ0v) is 11.0. The number of carbonyl (C=O) groups excluding carboxylic acids is 2. The Morgan fingerprint density at radius 3 is 2.59 bits per heavy atom. The third-order valence-electron chi connectivity index (χ3n) is 2.73. The number of imide groups is 1. The van der Waals surface area contributed by atoms with Crippen LogP contribution in [0.4, 0.5) is 0 Å². The van der Waals surface area contributed by atoms with Gasteiger partial charge in [0.2, 0.25) is 11.8 Å². The van der Waals surface area contributed by atoms with Crippen molar-refractivity contribution in [3.8, 4) is 0 Å². The fourth-order valence-corrected chi connectivity index (χ4v) is 2.32. The predicted molar refractivity (Wildman–Crippen MR) is 65.8 cm³/mol. The summed E-state index contributed by atoms with van der Waals surface area (Å²) in [6.45, 7) is 0. The first kappa shape index (κ1) is 12.3. The molecule has 0 spiro atoms. The van der Waals surface area contributed by atoms with E-state index in [2.05, 4.69) is 20.9 Å². The van der Waals surface area contributed by atoms with Crippen LogP contribution in [-0.2, 0) is 14.3 Å². The first-order valence-electron chi connectivity index (χ1n) is 5.39. The fourth-order valence-electron chi connectivity index (χ4n) is 1.87. The maximum absolute atomic E-state index is 11.6. The molecule has 0 aliphatic carbocycles. The van der Waals surface area contributed by atoms with Gasteiger partial charge in [-0.1, -0.05) is 22.0 Å². The number of allylic oxidation sites excluding steroid dienone is 1. The van der Waals surface area contributed by atoms with Crippen LogP contribution < -0.4 is 0 Å². The Morgan fingerprint density at radius 1 is 1.35 bits per heavy atom. The van der Waals surface area contributed by atoms with Crippen LogP contribution in [0.15, 0.2) is 17.1 Å². The number of likely N-dealkylation sites (tertiary alicyclic amines) is 1. The molecule has 92 valence electrons. The number of hydrogen-bond donors (Lipinski definition) is 0. The van der Waals surface area contributed by atoms with E-state index in [-0.39, 0.29) is 29.5 Å². The summed E-state index contributed by atoms with van der Waals surface area (Å²) in [7, 11) is 1.54. The third-order valence-corrected chi connectivity index (χ3v) is 3.36. The van der Waals surface area contributed by atoms with E-state index in [0.717, 1.165) is 0 Å². The molecule has 2 aliphatic heterocycles. The van der Waals surface area contributed by atoms with Crippen LogP contribution in [0.3, 0.4) is 0 Å². The van der Waals surface area contributed by atoms with Gasteiger partial charge in [-0.3, -0.25) is 14.5 Å². The van der Waals surface area contributed by atoms with Crippen molar-refractivity contribution in [2.75, 3.05) is 7.11 Å². The average molecular weight is 301 g/mol. The molecule has 5 nitrogen and oxygen atoms in total. The Labute approximate surface area is 108 Å². The Kier molecular flexibility index (Phi) is 3.61. The van der Waals surface area contributed by atoms with E-state index in [4.69, 9.17) is 4.74 Å². The number of rotatable bonds is 1. The minimum Gasteiger partial charge on any atom is -0.484 e. The lowest BCUT2D eigenvalue weighted by Crippen LogP contribution is -2.37. The van der Waals surface area contributed by atoms with Gasteiger partial charge in [-0.05, 0) is 6.08 Å². The van der Waals surface area contributed by atoms with Crippen LogP contribution in [0.5, 0.6) is 0 Å². The molecule has 2 amide bonds. The zero-order chi connectivity index (χ0) is 12.4. The Hall–Kier alpha value is -1.17. The zero-order valence-electron chi connectivity index (χ0n) is 9.43. The first-order valence-corrected chi connectivity index (χ1v) is 6.31. The molecule has 2 heterocycles. The molecule has 0 saturated carbocycles. The Bertz CT molecular complexity index is 390. The molecule has 2 atom stereocenters. The number of amides is 2. The molecule has 0 N–H and O–H groups in total. The number of aliphatic imine (C=N–C) groups is 1. The highest BCUT2D eigenvalue weighted by Gasteiger charge is 2.34. The van der Waals surface area contributed by atoms with E-state index in [1.54, 1.807) is 6.08 Å². The lowest BCUT2D eigenvalue weighted by molar-refractivity contribution is -0.139. The second-order valence-corrected chi connectivity index (χ2v) is 5.08. The first-order chi connectivity index (χ1) is 8.11. The summed E-state index contributed by atoms with van der Waals surface area (Å²) in [6.07, 6.45) is 4.25. The molecule has 0 aromatic heterocycles. The van der Waals surface area contributed by atoms with Crippen molar-refractivity contribution in [1.29, 1.82) is 0 Å². The Morgan fingerprint density at radius 2 is 2.00 bits per heavy atom. The van der Waals surface area contributed by atoms with Gasteiger partial charge in [-0.2, -0.15) is 0 Å². The van der Waals surface area contributed by atoms with E-state index in [1.165, 1.54) is 12.0 Å². The summed E-state index contributed by atoms with van der Waals surface area (Å²) in [4.78, 5) is 28.9. The van der Waals surface area contributed by atoms with E-state index in [0.29, 0.717) is 12.3 Å². The van der Waals surface area contributed by atoms with Crippen molar-refractivity contribution in [2.24, 2.45) is 4.99 Å². The highest BCUT2D eigenvalue weighted by atomic mass is 79.9. The van der Waals surface area contributed by atoms with Gasteiger partial charge in [0.15, 0.2) is 12.1 Å². The van der Waals surface area contributed by atoms with Gasteiger partial charge < -0.3 is 4.74 Å². The molecule has 2 aliphatic rings. The second-order valence-electron chi connectivity index (χ2n) is 3.90. The maximum Gasteiger partial charge on any atom is 0.231 e. The smallest absolute Gasteiger partial charge is 0.231 e. The maximum atomic E-state index is 11.6. The topological polar surface area (TPSA) is 59.0 Å². The van der Waals surface area contributed by atoms with Gasteiger partial charge in [0, 0.05) is 24.1 Å². The quantitative estimate of drug-likeness (QED) is 0.416.